The Labute approximate surface area is 149 Å². The fourth-order valence-corrected chi connectivity index (χ4v) is 7.57. The van der Waals surface area contributed by atoms with Crippen molar-refractivity contribution >= 4 is 19.7 Å². The van der Waals surface area contributed by atoms with Crippen molar-refractivity contribution in [1.82, 2.24) is 5.32 Å². The number of nitrogens with one attached hydrogen (secondary N) is 1. The maximum absolute atomic E-state index is 12.9. The monoisotopic (exact) mass is 391 g/mol. The second-order valence-corrected chi connectivity index (χ2v) is 10.3. The lowest BCUT2D eigenvalue weighted by atomic mass is 10.2. The Morgan fingerprint density at radius 3 is 2.48 bits per heavy atom. The van der Waals surface area contributed by atoms with E-state index in [0.717, 1.165) is 0 Å². The van der Waals surface area contributed by atoms with E-state index in [1.54, 1.807) is 12.1 Å². The molecular weight excluding hydrogens is 366 g/mol. The SMILES string of the molecule is CCOCCCN[C@H]1CS(=O)(=O)C[C@@H]1S(=O)(=O)c1ccc(OC)cc1. The van der Waals surface area contributed by atoms with Crippen molar-refractivity contribution in [2.75, 3.05) is 38.4 Å². The summed E-state index contributed by atoms with van der Waals surface area (Å²) in [5.74, 6) is 0.0233. The fraction of sp³-hybridized carbons (Fsp3) is 0.625. The van der Waals surface area contributed by atoms with Crippen LogP contribution in [0.1, 0.15) is 13.3 Å². The molecule has 7 nitrogen and oxygen atoms in total. The summed E-state index contributed by atoms with van der Waals surface area (Å²) in [6.45, 7) is 3.58. The molecule has 2 atom stereocenters. The van der Waals surface area contributed by atoms with Gasteiger partial charge in [0.1, 0.15) is 5.75 Å². The molecule has 0 saturated carbocycles. The summed E-state index contributed by atoms with van der Waals surface area (Å²) in [6, 6.07) is 5.40. The van der Waals surface area contributed by atoms with Crippen molar-refractivity contribution < 1.29 is 26.3 Å². The summed E-state index contributed by atoms with van der Waals surface area (Å²) in [4.78, 5) is 0.108. The van der Waals surface area contributed by atoms with Gasteiger partial charge >= 0.3 is 0 Å². The van der Waals surface area contributed by atoms with Crippen molar-refractivity contribution in [3.8, 4) is 5.75 Å². The van der Waals surface area contributed by atoms with Crippen molar-refractivity contribution in [3.05, 3.63) is 24.3 Å². The number of rotatable bonds is 9. The number of benzene rings is 1. The van der Waals surface area contributed by atoms with Gasteiger partial charge in [0.2, 0.25) is 0 Å². The minimum Gasteiger partial charge on any atom is -0.497 e. The summed E-state index contributed by atoms with van der Waals surface area (Å²) in [7, 11) is -5.66. The third kappa shape index (κ3) is 5.16. The molecule has 1 heterocycles. The number of hydrogen-bond donors (Lipinski definition) is 1. The molecule has 1 aromatic carbocycles. The molecular formula is C16H25NO6S2. The van der Waals surface area contributed by atoms with Gasteiger partial charge in [0.15, 0.2) is 19.7 Å². The highest BCUT2D eigenvalue weighted by Crippen LogP contribution is 2.27. The molecule has 1 fully saturated rings. The molecule has 1 aromatic rings. The predicted octanol–water partition coefficient (Wildman–Crippen LogP) is 0.651. The molecule has 9 heteroatoms. The molecule has 1 aliphatic heterocycles. The van der Waals surface area contributed by atoms with E-state index < -0.39 is 31.0 Å². The van der Waals surface area contributed by atoms with E-state index in [-0.39, 0.29) is 16.4 Å². The number of ether oxygens (including phenoxy) is 2. The highest BCUT2D eigenvalue weighted by Gasteiger charge is 2.45. The average Bonchev–Trinajstić information content (AvgIpc) is 2.90. The molecule has 142 valence electrons. The Hall–Kier alpha value is -1.16. The van der Waals surface area contributed by atoms with Crippen LogP contribution in [0.3, 0.4) is 0 Å². The van der Waals surface area contributed by atoms with Crippen LogP contribution < -0.4 is 10.1 Å². The highest BCUT2D eigenvalue weighted by atomic mass is 32.2. The summed E-state index contributed by atoms with van der Waals surface area (Å²) < 4.78 is 60.1. The second-order valence-electron chi connectivity index (χ2n) is 5.95. The lowest BCUT2D eigenvalue weighted by Crippen LogP contribution is -2.43. The van der Waals surface area contributed by atoms with Crippen LogP contribution in [-0.4, -0.2) is 66.5 Å². The summed E-state index contributed by atoms with van der Waals surface area (Å²) in [5.41, 5.74) is 0. The number of hydrogen-bond acceptors (Lipinski definition) is 7. The molecule has 0 unspecified atom stereocenters. The highest BCUT2D eigenvalue weighted by molar-refractivity contribution is 7.96. The Balaban J connectivity index is 2.14. The minimum atomic E-state index is -3.76. The largest absolute Gasteiger partial charge is 0.497 e. The quantitative estimate of drug-likeness (QED) is 0.617. The van der Waals surface area contributed by atoms with E-state index in [0.29, 0.717) is 31.9 Å². The first-order valence-electron chi connectivity index (χ1n) is 8.19. The van der Waals surface area contributed by atoms with Gasteiger partial charge in [0, 0.05) is 19.3 Å². The van der Waals surface area contributed by atoms with E-state index in [9.17, 15) is 16.8 Å². The van der Waals surface area contributed by atoms with Gasteiger partial charge in [-0.05, 0) is 44.2 Å². The zero-order valence-corrected chi connectivity index (χ0v) is 16.1. The smallest absolute Gasteiger partial charge is 0.183 e. The van der Waals surface area contributed by atoms with E-state index in [2.05, 4.69) is 5.32 Å². The maximum Gasteiger partial charge on any atom is 0.183 e. The Kier molecular flexibility index (Phi) is 6.84. The summed E-state index contributed by atoms with van der Waals surface area (Å²) in [6.07, 6.45) is 0.694. The minimum absolute atomic E-state index is 0.108. The van der Waals surface area contributed by atoms with E-state index in [1.165, 1.54) is 19.2 Å². The first-order valence-corrected chi connectivity index (χ1v) is 11.6. The molecule has 1 saturated heterocycles. The van der Waals surface area contributed by atoms with E-state index >= 15 is 0 Å². The van der Waals surface area contributed by atoms with Crippen LogP contribution in [0.4, 0.5) is 0 Å². The van der Waals surface area contributed by atoms with Crippen molar-refractivity contribution in [2.45, 2.75) is 29.5 Å². The Morgan fingerprint density at radius 1 is 1.20 bits per heavy atom. The Bertz CT molecular complexity index is 758. The number of methoxy groups -OCH3 is 1. The van der Waals surface area contributed by atoms with Crippen LogP contribution in [0.5, 0.6) is 5.75 Å². The second kappa shape index (κ2) is 8.48. The lowest BCUT2D eigenvalue weighted by Gasteiger charge is -2.20. The molecule has 0 aromatic heterocycles. The third-order valence-corrected chi connectivity index (χ3v) is 8.33. The van der Waals surface area contributed by atoms with Gasteiger partial charge in [0.25, 0.3) is 0 Å². The first kappa shape index (κ1) is 20.2. The van der Waals surface area contributed by atoms with Crippen LogP contribution in [0.25, 0.3) is 0 Å². The number of sulfone groups is 2. The normalized spacial score (nSPS) is 22.8. The molecule has 25 heavy (non-hydrogen) atoms. The average molecular weight is 392 g/mol. The Morgan fingerprint density at radius 2 is 1.88 bits per heavy atom. The predicted molar refractivity (Wildman–Crippen MR) is 95.5 cm³/mol. The first-order chi connectivity index (χ1) is 11.8. The third-order valence-electron chi connectivity index (χ3n) is 4.16. The van der Waals surface area contributed by atoms with Crippen LogP contribution in [-0.2, 0) is 24.4 Å². The zero-order valence-electron chi connectivity index (χ0n) is 14.5. The van der Waals surface area contributed by atoms with Crippen LogP contribution in [0, 0.1) is 0 Å². The standard InChI is InChI=1S/C16H25NO6S2/c1-3-23-10-4-9-17-15-11-24(18,19)12-16(15)25(20,21)14-7-5-13(22-2)6-8-14/h5-8,15-17H,3-4,9-12H2,1-2H3/t15-,16-/m0/s1. The van der Waals surface area contributed by atoms with Gasteiger partial charge in [0.05, 0.1) is 28.8 Å². The van der Waals surface area contributed by atoms with Crippen LogP contribution >= 0.6 is 0 Å². The molecule has 0 bridgehead atoms. The molecule has 1 N–H and O–H groups in total. The van der Waals surface area contributed by atoms with Crippen LogP contribution in [0.15, 0.2) is 29.2 Å². The van der Waals surface area contributed by atoms with E-state index in [4.69, 9.17) is 9.47 Å². The molecule has 0 amide bonds. The molecule has 2 rings (SSSR count). The van der Waals surface area contributed by atoms with Gasteiger partial charge in [-0.1, -0.05) is 0 Å². The van der Waals surface area contributed by atoms with Gasteiger partial charge in [-0.2, -0.15) is 0 Å². The van der Waals surface area contributed by atoms with Crippen molar-refractivity contribution in [2.24, 2.45) is 0 Å². The molecule has 0 spiro atoms. The fourth-order valence-electron chi connectivity index (χ4n) is 2.86. The molecule has 0 aliphatic carbocycles. The van der Waals surface area contributed by atoms with Crippen molar-refractivity contribution in [3.63, 3.8) is 0 Å². The molecule has 0 radical (unpaired) electrons. The molecule has 1 aliphatic rings. The maximum atomic E-state index is 12.9. The van der Waals surface area contributed by atoms with Gasteiger partial charge in [-0.3, -0.25) is 0 Å². The van der Waals surface area contributed by atoms with Gasteiger partial charge in [-0.15, -0.1) is 0 Å². The topological polar surface area (TPSA) is 98.8 Å². The van der Waals surface area contributed by atoms with Gasteiger partial charge < -0.3 is 14.8 Å². The lowest BCUT2D eigenvalue weighted by molar-refractivity contribution is 0.144. The van der Waals surface area contributed by atoms with Gasteiger partial charge in [-0.25, -0.2) is 16.8 Å². The summed E-state index contributed by atoms with van der Waals surface area (Å²) in [5, 5.41) is 2.09. The van der Waals surface area contributed by atoms with E-state index in [1.807, 2.05) is 6.92 Å². The zero-order chi connectivity index (χ0) is 18.5. The summed E-state index contributed by atoms with van der Waals surface area (Å²) >= 11 is 0. The van der Waals surface area contributed by atoms with Crippen molar-refractivity contribution in [1.29, 1.82) is 0 Å². The van der Waals surface area contributed by atoms with Crippen LogP contribution in [0.2, 0.25) is 0 Å².